The molecule has 0 bridgehead atoms. The van der Waals surface area contributed by atoms with Crippen LogP contribution in [0.2, 0.25) is 0 Å². The van der Waals surface area contributed by atoms with Crippen molar-refractivity contribution < 1.29 is 14.4 Å². The number of halogens is 1. The van der Waals surface area contributed by atoms with Gasteiger partial charge >= 0.3 is 0 Å². The standard InChI is InChI=1S/C15H14FNO3/c1-10-6-7-12(13(16)8-10)15(18)9-11-4-2-3-5-14(11)17(19)20/h2-8,15,18H,9H2,1H3. The summed E-state index contributed by atoms with van der Waals surface area (Å²) < 4.78 is 13.8. The smallest absolute Gasteiger partial charge is 0.272 e. The van der Waals surface area contributed by atoms with E-state index in [1.165, 1.54) is 18.2 Å². The molecule has 0 aliphatic rings. The van der Waals surface area contributed by atoms with Crippen molar-refractivity contribution in [1.29, 1.82) is 0 Å². The minimum atomic E-state index is -1.11. The van der Waals surface area contributed by atoms with Crippen LogP contribution in [0.4, 0.5) is 10.1 Å². The summed E-state index contributed by atoms with van der Waals surface area (Å²) >= 11 is 0. The number of benzene rings is 2. The highest BCUT2D eigenvalue weighted by atomic mass is 19.1. The number of para-hydroxylation sites is 1. The zero-order valence-corrected chi connectivity index (χ0v) is 10.9. The summed E-state index contributed by atoms with van der Waals surface area (Å²) in [5, 5.41) is 21.0. The van der Waals surface area contributed by atoms with E-state index in [-0.39, 0.29) is 17.7 Å². The lowest BCUT2D eigenvalue weighted by molar-refractivity contribution is -0.385. The fourth-order valence-corrected chi connectivity index (χ4v) is 2.08. The van der Waals surface area contributed by atoms with Crippen LogP contribution in [-0.2, 0) is 6.42 Å². The van der Waals surface area contributed by atoms with E-state index in [1.54, 1.807) is 31.2 Å². The number of nitro benzene ring substituents is 1. The quantitative estimate of drug-likeness (QED) is 0.687. The van der Waals surface area contributed by atoms with Crippen LogP contribution in [0.1, 0.15) is 22.8 Å². The van der Waals surface area contributed by atoms with E-state index in [4.69, 9.17) is 0 Å². The third-order valence-electron chi connectivity index (χ3n) is 3.12. The molecule has 2 aromatic carbocycles. The first kappa shape index (κ1) is 14.1. The molecule has 0 aliphatic carbocycles. The highest BCUT2D eigenvalue weighted by Gasteiger charge is 2.19. The average Bonchev–Trinajstić information content (AvgIpc) is 2.38. The van der Waals surface area contributed by atoms with Gasteiger partial charge in [0.25, 0.3) is 5.69 Å². The molecular formula is C15H14FNO3. The topological polar surface area (TPSA) is 63.4 Å². The van der Waals surface area contributed by atoms with Gasteiger partial charge < -0.3 is 5.11 Å². The Balaban J connectivity index is 2.28. The molecule has 0 saturated carbocycles. The van der Waals surface area contributed by atoms with Crippen molar-refractivity contribution in [1.82, 2.24) is 0 Å². The molecule has 0 saturated heterocycles. The average molecular weight is 275 g/mol. The fraction of sp³-hybridized carbons (Fsp3) is 0.200. The first-order valence-corrected chi connectivity index (χ1v) is 6.15. The second-order valence-electron chi connectivity index (χ2n) is 4.63. The lowest BCUT2D eigenvalue weighted by Crippen LogP contribution is -2.06. The molecule has 0 fully saturated rings. The molecule has 20 heavy (non-hydrogen) atoms. The van der Waals surface area contributed by atoms with E-state index in [9.17, 15) is 19.6 Å². The van der Waals surface area contributed by atoms with Gasteiger partial charge in [-0.3, -0.25) is 10.1 Å². The Hall–Kier alpha value is -2.27. The summed E-state index contributed by atoms with van der Waals surface area (Å²) in [6.07, 6.45) is -1.12. The molecule has 0 heterocycles. The van der Waals surface area contributed by atoms with Gasteiger partial charge in [-0.05, 0) is 18.6 Å². The molecular weight excluding hydrogens is 261 g/mol. The zero-order chi connectivity index (χ0) is 14.7. The molecule has 1 atom stereocenters. The number of nitrogens with zero attached hydrogens (tertiary/aromatic N) is 1. The predicted molar refractivity (Wildman–Crippen MR) is 72.9 cm³/mol. The highest BCUT2D eigenvalue weighted by Crippen LogP contribution is 2.26. The van der Waals surface area contributed by atoms with Crippen LogP contribution < -0.4 is 0 Å². The lowest BCUT2D eigenvalue weighted by atomic mass is 9.99. The van der Waals surface area contributed by atoms with Crippen molar-refractivity contribution in [3.63, 3.8) is 0 Å². The summed E-state index contributed by atoms with van der Waals surface area (Å²) in [4.78, 5) is 10.4. The van der Waals surface area contributed by atoms with Crippen LogP contribution in [-0.4, -0.2) is 10.0 Å². The highest BCUT2D eigenvalue weighted by molar-refractivity contribution is 5.41. The van der Waals surface area contributed by atoms with Crippen molar-refractivity contribution in [2.75, 3.05) is 0 Å². The molecule has 0 radical (unpaired) electrons. The Morgan fingerprint density at radius 2 is 2.00 bits per heavy atom. The third kappa shape index (κ3) is 3.00. The maximum Gasteiger partial charge on any atom is 0.272 e. The predicted octanol–water partition coefficient (Wildman–Crippen LogP) is 3.32. The van der Waals surface area contributed by atoms with Gasteiger partial charge in [0.1, 0.15) is 5.82 Å². The maximum absolute atomic E-state index is 13.8. The van der Waals surface area contributed by atoms with Crippen molar-refractivity contribution >= 4 is 5.69 Å². The van der Waals surface area contributed by atoms with Gasteiger partial charge in [-0.15, -0.1) is 0 Å². The lowest BCUT2D eigenvalue weighted by Gasteiger charge is -2.12. The summed E-state index contributed by atoms with van der Waals surface area (Å²) in [5.74, 6) is -0.504. The molecule has 2 rings (SSSR count). The molecule has 104 valence electrons. The van der Waals surface area contributed by atoms with Crippen molar-refractivity contribution in [3.8, 4) is 0 Å². The van der Waals surface area contributed by atoms with Crippen LogP contribution in [0.3, 0.4) is 0 Å². The van der Waals surface area contributed by atoms with E-state index in [1.807, 2.05) is 0 Å². The van der Waals surface area contributed by atoms with Crippen LogP contribution in [0.25, 0.3) is 0 Å². The third-order valence-corrected chi connectivity index (χ3v) is 3.12. The first-order valence-electron chi connectivity index (χ1n) is 6.15. The molecule has 2 aromatic rings. The van der Waals surface area contributed by atoms with E-state index in [0.717, 1.165) is 5.56 Å². The summed E-state index contributed by atoms with van der Waals surface area (Å²) in [6, 6.07) is 10.7. The Morgan fingerprint density at radius 3 is 2.65 bits per heavy atom. The van der Waals surface area contributed by atoms with Crippen molar-refractivity contribution in [2.24, 2.45) is 0 Å². The molecule has 4 nitrogen and oxygen atoms in total. The molecule has 0 spiro atoms. The van der Waals surface area contributed by atoms with E-state index < -0.39 is 16.8 Å². The Labute approximate surface area is 115 Å². The normalized spacial score (nSPS) is 12.2. The SMILES string of the molecule is Cc1ccc(C(O)Cc2ccccc2[N+](=O)[O-])c(F)c1. The Bertz CT molecular complexity index is 643. The van der Waals surface area contributed by atoms with Crippen LogP contribution in [0.15, 0.2) is 42.5 Å². The molecule has 1 unspecified atom stereocenters. The molecule has 5 heteroatoms. The molecule has 0 aromatic heterocycles. The summed E-state index contributed by atoms with van der Waals surface area (Å²) in [6.45, 7) is 1.75. The molecule has 0 aliphatic heterocycles. The van der Waals surface area contributed by atoms with Gasteiger partial charge in [-0.1, -0.05) is 30.3 Å². The Kier molecular flexibility index (Phi) is 4.10. The van der Waals surface area contributed by atoms with Gasteiger partial charge in [-0.2, -0.15) is 0 Å². The number of hydrogen-bond donors (Lipinski definition) is 1. The molecule has 0 amide bonds. The molecule has 1 N–H and O–H groups in total. The number of hydrogen-bond acceptors (Lipinski definition) is 3. The summed E-state index contributed by atoms with van der Waals surface area (Å²) in [7, 11) is 0. The van der Waals surface area contributed by atoms with E-state index in [0.29, 0.717) is 5.56 Å². The number of rotatable bonds is 4. The second-order valence-corrected chi connectivity index (χ2v) is 4.63. The van der Waals surface area contributed by atoms with Crippen LogP contribution in [0, 0.1) is 22.9 Å². The monoisotopic (exact) mass is 275 g/mol. The summed E-state index contributed by atoms with van der Waals surface area (Å²) in [5.41, 5.74) is 1.21. The number of nitro groups is 1. The van der Waals surface area contributed by atoms with Gasteiger partial charge in [0, 0.05) is 23.6 Å². The largest absolute Gasteiger partial charge is 0.388 e. The first-order chi connectivity index (χ1) is 9.49. The fourth-order valence-electron chi connectivity index (χ4n) is 2.08. The van der Waals surface area contributed by atoms with E-state index >= 15 is 0 Å². The van der Waals surface area contributed by atoms with Gasteiger partial charge in [0.15, 0.2) is 0 Å². The van der Waals surface area contributed by atoms with Crippen molar-refractivity contribution in [3.05, 3.63) is 75.1 Å². The van der Waals surface area contributed by atoms with Crippen LogP contribution >= 0.6 is 0 Å². The minimum absolute atomic E-state index is 0.00284. The number of aliphatic hydroxyl groups excluding tert-OH is 1. The van der Waals surface area contributed by atoms with Gasteiger partial charge in [0.05, 0.1) is 11.0 Å². The van der Waals surface area contributed by atoms with Crippen LogP contribution in [0.5, 0.6) is 0 Å². The van der Waals surface area contributed by atoms with Gasteiger partial charge in [0.2, 0.25) is 0 Å². The Morgan fingerprint density at radius 1 is 1.30 bits per heavy atom. The second kappa shape index (κ2) is 5.79. The van der Waals surface area contributed by atoms with E-state index in [2.05, 4.69) is 0 Å². The zero-order valence-electron chi connectivity index (χ0n) is 10.9. The van der Waals surface area contributed by atoms with Crippen molar-refractivity contribution in [2.45, 2.75) is 19.4 Å². The number of aryl methyl sites for hydroxylation is 1. The number of aliphatic hydroxyl groups is 1. The maximum atomic E-state index is 13.8. The minimum Gasteiger partial charge on any atom is -0.388 e. The van der Waals surface area contributed by atoms with Gasteiger partial charge in [-0.25, -0.2) is 4.39 Å².